The van der Waals surface area contributed by atoms with Crippen molar-refractivity contribution in [3.8, 4) is 5.75 Å². The lowest BCUT2D eigenvalue weighted by Gasteiger charge is -2.29. The van der Waals surface area contributed by atoms with Crippen LogP contribution in [0.25, 0.3) is 0 Å². The lowest BCUT2D eigenvalue weighted by atomic mass is 10.0. The molecule has 3 rings (SSSR count). The highest BCUT2D eigenvalue weighted by Gasteiger charge is 2.26. The zero-order valence-corrected chi connectivity index (χ0v) is 14.3. The predicted molar refractivity (Wildman–Crippen MR) is 95.3 cm³/mol. The van der Waals surface area contributed by atoms with E-state index in [-0.39, 0.29) is 23.5 Å². The molecule has 0 saturated carbocycles. The number of carbonyl (C=O) groups excluding carboxylic acids is 1. The van der Waals surface area contributed by atoms with Crippen LogP contribution in [0.5, 0.6) is 5.75 Å². The highest BCUT2D eigenvalue weighted by Crippen LogP contribution is 2.31. The van der Waals surface area contributed by atoms with Gasteiger partial charge in [0, 0.05) is 24.5 Å². The summed E-state index contributed by atoms with van der Waals surface area (Å²) in [5, 5.41) is 2.95. The number of amides is 1. The van der Waals surface area contributed by atoms with Gasteiger partial charge in [-0.2, -0.15) is 0 Å². The van der Waals surface area contributed by atoms with Gasteiger partial charge in [-0.25, -0.2) is 9.97 Å². The number of anilines is 1. The third-order valence-corrected chi connectivity index (χ3v) is 4.48. The minimum Gasteiger partial charge on any atom is -0.496 e. The highest BCUT2D eigenvalue weighted by molar-refractivity contribution is 5.96. The van der Waals surface area contributed by atoms with Gasteiger partial charge in [0.25, 0.3) is 5.91 Å². The summed E-state index contributed by atoms with van der Waals surface area (Å²) in [5.74, 6) is 0.646. The number of hydrogen-bond acceptors (Lipinski definition) is 6. The first-order valence-corrected chi connectivity index (χ1v) is 8.42. The van der Waals surface area contributed by atoms with E-state index >= 15 is 0 Å². The van der Waals surface area contributed by atoms with E-state index in [1.807, 2.05) is 24.3 Å². The molecule has 7 nitrogen and oxygen atoms in total. The van der Waals surface area contributed by atoms with Crippen molar-refractivity contribution in [2.24, 2.45) is 0 Å². The number of benzene rings is 1. The van der Waals surface area contributed by atoms with E-state index in [0.29, 0.717) is 6.54 Å². The summed E-state index contributed by atoms with van der Waals surface area (Å²) in [6.45, 7) is 2.47. The van der Waals surface area contributed by atoms with E-state index in [1.54, 1.807) is 7.11 Å². The molecule has 1 aliphatic rings. The molecule has 132 valence electrons. The molecule has 1 amide bonds. The van der Waals surface area contributed by atoms with Gasteiger partial charge in [0.1, 0.15) is 5.75 Å². The molecule has 25 heavy (non-hydrogen) atoms. The maximum Gasteiger partial charge on any atom is 0.273 e. The summed E-state index contributed by atoms with van der Waals surface area (Å²) in [6.07, 6.45) is 5.25. The second-order valence-electron chi connectivity index (χ2n) is 6.00. The van der Waals surface area contributed by atoms with Gasteiger partial charge in [-0.3, -0.25) is 9.69 Å². The fraction of sp³-hybridized carbons (Fsp3) is 0.389. The van der Waals surface area contributed by atoms with Crippen LogP contribution in [0.4, 0.5) is 5.82 Å². The third kappa shape index (κ3) is 3.88. The molecule has 1 saturated heterocycles. The van der Waals surface area contributed by atoms with Gasteiger partial charge in [0.15, 0.2) is 11.5 Å². The number of nitrogens with two attached hydrogens (primary N) is 1. The topological polar surface area (TPSA) is 93.4 Å². The Kier molecular flexibility index (Phi) is 5.45. The van der Waals surface area contributed by atoms with E-state index in [1.165, 1.54) is 12.4 Å². The van der Waals surface area contributed by atoms with Gasteiger partial charge < -0.3 is 15.8 Å². The van der Waals surface area contributed by atoms with Crippen LogP contribution in [-0.4, -0.2) is 47.5 Å². The van der Waals surface area contributed by atoms with Gasteiger partial charge in [-0.1, -0.05) is 18.2 Å². The maximum atomic E-state index is 12.4. The molecule has 1 aromatic heterocycles. The number of carbonyl (C=O) groups is 1. The second-order valence-corrected chi connectivity index (χ2v) is 6.00. The standard InChI is InChI=1S/C18H23N5O2/c1-25-15-7-3-2-6-13(15)14(23-10-4-5-11-23)12-22-18(24)16-17(19)21-9-8-20-16/h2-3,6-9,14H,4-5,10-12H2,1H3,(H2,19,21)(H,22,24)/t14-/m1/s1. The number of para-hydroxylation sites is 1. The minimum atomic E-state index is -0.315. The van der Waals surface area contributed by atoms with Crippen LogP contribution in [-0.2, 0) is 0 Å². The van der Waals surface area contributed by atoms with E-state index in [2.05, 4.69) is 20.2 Å². The molecule has 1 aromatic carbocycles. The SMILES string of the molecule is COc1ccccc1[C@@H](CNC(=O)c1nccnc1N)N1CCCC1. The molecular weight excluding hydrogens is 318 g/mol. The minimum absolute atomic E-state index is 0.0421. The van der Waals surface area contributed by atoms with E-state index in [4.69, 9.17) is 10.5 Å². The predicted octanol–water partition coefficient (Wildman–Crippen LogP) is 1.63. The van der Waals surface area contributed by atoms with E-state index in [9.17, 15) is 4.79 Å². The number of nitrogen functional groups attached to an aromatic ring is 1. The number of likely N-dealkylation sites (tertiary alicyclic amines) is 1. The Morgan fingerprint density at radius 3 is 2.72 bits per heavy atom. The van der Waals surface area contributed by atoms with Gasteiger partial charge >= 0.3 is 0 Å². The number of nitrogens with one attached hydrogen (secondary N) is 1. The summed E-state index contributed by atoms with van der Waals surface area (Å²) in [5.41, 5.74) is 6.97. The first-order chi connectivity index (χ1) is 12.2. The summed E-state index contributed by atoms with van der Waals surface area (Å²) < 4.78 is 5.51. The van der Waals surface area contributed by atoms with Crippen molar-refractivity contribution in [1.29, 1.82) is 0 Å². The number of aromatic nitrogens is 2. The first-order valence-electron chi connectivity index (χ1n) is 8.42. The van der Waals surface area contributed by atoms with Crippen LogP contribution in [0, 0.1) is 0 Å². The zero-order valence-electron chi connectivity index (χ0n) is 14.3. The Morgan fingerprint density at radius 2 is 2.00 bits per heavy atom. The van der Waals surface area contributed by atoms with Crippen molar-refractivity contribution in [3.05, 3.63) is 47.9 Å². The zero-order chi connectivity index (χ0) is 17.6. The number of methoxy groups -OCH3 is 1. The normalized spacial score (nSPS) is 15.7. The Hall–Kier alpha value is -2.67. The van der Waals surface area contributed by atoms with Crippen LogP contribution in [0.2, 0.25) is 0 Å². The second kappa shape index (κ2) is 7.94. The molecule has 1 aliphatic heterocycles. The lowest BCUT2D eigenvalue weighted by Crippen LogP contribution is -2.37. The molecule has 0 spiro atoms. The Labute approximate surface area is 147 Å². The van der Waals surface area contributed by atoms with Crippen LogP contribution in [0.1, 0.15) is 34.9 Å². The number of ether oxygens (including phenoxy) is 1. The van der Waals surface area contributed by atoms with Crippen LogP contribution < -0.4 is 15.8 Å². The molecule has 0 aliphatic carbocycles. The summed E-state index contributed by atoms with van der Waals surface area (Å²) in [4.78, 5) is 22.7. The molecule has 1 atom stereocenters. The number of hydrogen-bond donors (Lipinski definition) is 2. The van der Waals surface area contributed by atoms with E-state index < -0.39 is 0 Å². The van der Waals surface area contributed by atoms with Crippen molar-refractivity contribution in [1.82, 2.24) is 20.2 Å². The fourth-order valence-corrected chi connectivity index (χ4v) is 3.23. The average Bonchev–Trinajstić information content (AvgIpc) is 3.17. The van der Waals surface area contributed by atoms with Crippen LogP contribution >= 0.6 is 0 Å². The Bertz CT molecular complexity index is 731. The average molecular weight is 341 g/mol. The van der Waals surface area contributed by atoms with Crippen molar-refractivity contribution in [2.75, 3.05) is 32.5 Å². The molecule has 2 aromatic rings. The highest BCUT2D eigenvalue weighted by atomic mass is 16.5. The largest absolute Gasteiger partial charge is 0.496 e. The van der Waals surface area contributed by atoms with Crippen LogP contribution in [0.15, 0.2) is 36.7 Å². The Balaban J connectivity index is 1.79. The smallest absolute Gasteiger partial charge is 0.273 e. The van der Waals surface area contributed by atoms with Crippen molar-refractivity contribution < 1.29 is 9.53 Å². The van der Waals surface area contributed by atoms with Crippen molar-refractivity contribution in [2.45, 2.75) is 18.9 Å². The third-order valence-electron chi connectivity index (χ3n) is 4.48. The molecular formula is C18H23N5O2. The monoisotopic (exact) mass is 341 g/mol. The van der Waals surface area contributed by atoms with Crippen LogP contribution in [0.3, 0.4) is 0 Å². The Morgan fingerprint density at radius 1 is 1.28 bits per heavy atom. The van der Waals surface area contributed by atoms with Gasteiger partial charge in [-0.05, 0) is 32.0 Å². The van der Waals surface area contributed by atoms with Gasteiger partial charge in [0.05, 0.1) is 13.2 Å². The lowest BCUT2D eigenvalue weighted by molar-refractivity contribution is 0.0933. The first kappa shape index (κ1) is 17.2. The molecule has 2 heterocycles. The van der Waals surface area contributed by atoms with Gasteiger partial charge in [-0.15, -0.1) is 0 Å². The quantitative estimate of drug-likeness (QED) is 0.829. The summed E-state index contributed by atoms with van der Waals surface area (Å²) in [7, 11) is 1.67. The molecule has 0 unspecified atom stereocenters. The van der Waals surface area contributed by atoms with Crippen molar-refractivity contribution >= 4 is 11.7 Å². The number of nitrogens with zero attached hydrogens (tertiary/aromatic N) is 3. The maximum absolute atomic E-state index is 12.4. The molecule has 0 bridgehead atoms. The summed E-state index contributed by atoms with van der Waals surface area (Å²) in [6, 6.07) is 7.97. The van der Waals surface area contributed by atoms with Gasteiger partial charge in [0.2, 0.25) is 0 Å². The molecule has 3 N–H and O–H groups in total. The van der Waals surface area contributed by atoms with E-state index in [0.717, 1.165) is 37.2 Å². The summed E-state index contributed by atoms with van der Waals surface area (Å²) >= 11 is 0. The molecule has 1 fully saturated rings. The van der Waals surface area contributed by atoms with Crippen molar-refractivity contribution in [3.63, 3.8) is 0 Å². The number of rotatable bonds is 6. The fourth-order valence-electron chi connectivity index (χ4n) is 3.23. The molecule has 0 radical (unpaired) electrons. The molecule has 7 heteroatoms.